The monoisotopic (exact) mass is 308 g/mol. The van der Waals surface area contributed by atoms with Crippen molar-refractivity contribution in [1.82, 2.24) is 10.2 Å². The molecule has 1 saturated carbocycles. The summed E-state index contributed by atoms with van der Waals surface area (Å²) in [6.07, 6.45) is 2.52. The van der Waals surface area contributed by atoms with Crippen molar-refractivity contribution in [2.75, 3.05) is 13.6 Å². The minimum atomic E-state index is 0.0136. The Labute approximate surface area is 138 Å². The first-order chi connectivity index (χ1) is 11.1. The van der Waals surface area contributed by atoms with Gasteiger partial charge < -0.3 is 10.2 Å². The number of hydrogen-bond acceptors (Lipinski definition) is 1. The lowest BCUT2D eigenvalue weighted by atomic mass is 10.0. The number of carbonyl (C=O) groups excluding carboxylic acids is 1. The summed E-state index contributed by atoms with van der Waals surface area (Å²) in [5, 5.41) is 2.99. The Kier molecular flexibility index (Phi) is 4.65. The molecular weight excluding hydrogens is 284 g/mol. The molecule has 0 spiro atoms. The lowest BCUT2D eigenvalue weighted by molar-refractivity contribution is 0.206. The number of benzene rings is 2. The topological polar surface area (TPSA) is 32.3 Å². The molecule has 0 bridgehead atoms. The Morgan fingerprint density at radius 2 is 1.87 bits per heavy atom. The summed E-state index contributed by atoms with van der Waals surface area (Å²) >= 11 is 0. The van der Waals surface area contributed by atoms with Gasteiger partial charge in [-0.2, -0.15) is 0 Å². The molecule has 2 amide bonds. The Balaban J connectivity index is 1.56. The fraction of sp³-hybridized carbons (Fsp3) is 0.350. The molecule has 0 aliphatic heterocycles. The molecule has 0 aromatic heterocycles. The van der Waals surface area contributed by atoms with Crippen molar-refractivity contribution in [3.63, 3.8) is 0 Å². The first-order valence-corrected chi connectivity index (χ1v) is 8.27. The standard InChI is InChI=1S/C20H24N2O/c1-15-4-3-5-19(12-15)18-10-8-16(9-11-18)13-21-20(23)22(2)14-17-6-7-17/h3-5,8-12,17H,6-7,13-14H2,1-2H3,(H,21,23). The van der Waals surface area contributed by atoms with Crippen LogP contribution in [-0.4, -0.2) is 24.5 Å². The van der Waals surface area contributed by atoms with Gasteiger partial charge >= 0.3 is 6.03 Å². The smallest absolute Gasteiger partial charge is 0.317 e. The van der Waals surface area contributed by atoms with Crippen LogP contribution in [-0.2, 0) is 6.54 Å². The molecule has 3 heteroatoms. The number of urea groups is 1. The SMILES string of the molecule is Cc1cccc(-c2ccc(CNC(=O)N(C)CC3CC3)cc2)c1. The Hall–Kier alpha value is -2.29. The van der Waals surface area contributed by atoms with Gasteiger partial charge in [0.2, 0.25) is 0 Å². The van der Waals surface area contributed by atoms with Gasteiger partial charge in [-0.15, -0.1) is 0 Å². The van der Waals surface area contributed by atoms with Crippen LogP contribution in [0.1, 0.15) is 24.0 Å². The third kappa shape index (κ3) is 4.35. The van der Waals surface area contributed by atoms with Gasteiger partial charge in [-0.1, -0.05) is 54.1 Å². The number of nitrogens with zero attached hydrogens (tertiary/aromatic N) is 1. The molecule has 0 radical (unpaired) electrons. The normalized spacial score (nSPS) is 13.7. The zero-order valence-corrected chi connectivity index (χ0v) is 13.9. The second-order valence-corrected chi connectivity index (χ2v) is 6.55. The van der Waals surface area contributed by atoms with E-state index in [1.54, 1.807) is 4.90 Å². The number of amides is 2. The summed E-state index contributed by atoms with van der Waals surface area (Å²) in [6, 6.07) is 16.9. The van der Waals surface area contributed by atoms with E-state index >= 15 is 0 Å². The molecule has 1 aliphatic carbocycles. The maximum atomic E-state index is 12.0. The van der Waals surface area contributed by atoms with Gasteiger partial charge in [0.1, 0.15) is 0 Å². The fourth-order valence-corrected chi connectivity index (χ4v) is 2.72. The predicted molar refractivity (Wildman–Crippen MR) is 94.2 cm³/mol. The van der Waals surface area contributed by atoms with Crippen molar-refractivity contribution < 1.29 is 4.79 Å². The molecule has 0 heterocycles. The van der Waals surface area contributed by atoms with Gasteiger partial charge in [0.25, 0.3) is 0 Å². The van der Waals surface area contributed by atoms with Crippen LogP contribution in [0.4, 0.5) is 4.79 Å². The highest BCUT2D eigenvalue weighted by Crippen LogP contribution is 2.29. The van der Waals surface area contributed by atoms with Gasteiger partial charge in [0, 0.05) is 20.1 Å². The molecular formula is C20H24N2O. The van der Waals surface area contributed by atoms with Crippen molar-refractivity contribution >= 4 is 6.03 Å². The molecule has 120 valence electrons. The summed E-state index contributed by atoms with van der Waals surface area (Å²) in [7, 11) is 1.87. The molecule has 3 nitrogen and oxygen atoms in total. The molecule has 1 aliphatic rings. The first kappa shape index (κ1) is 15.6. The van der Waals surface area contributed by atoms with Crippen LogP contribution >= 0.6 is 0 Å². The van der Waals surface area contributed by atoms with Gasteiger partial charge in [-0.3, -0.25) is 0 Å². The van der Waals surface area contributed by atoms with Crippen LogP contribution in [0.25, 0.3) is 11.1 Å². The molecule has 1 N–H and O–H groups in total. The van der Waals surface area contributed by atoms with Crippen LogP contribution in [0.5, 0.6) is 0 Å². The minimum absolute atomic E-state index is 0.0136. The van der Waals surface area contributed by atoms with Gasteiger partial charge in [0.05, 0.1) is 0 Å². The van der Waals surface area contributed by atoms with Crippen LogP contribution in [0.2, 0.25) is 0 Å². The van der Waals surface area contributed by atoms with Crippen molar-refractivity contribution in [3.8, 4) is 11.1 Å². The molecule has 3 rings (SSSR count). The van der Waals surface area contributed by atoms with Crippen LogP contribution in [0.15, 0.2) is 48.5 Å². The third-order valence-electron chi connectivity index (χ3n) is 4.32. The highest BCUT2D eigenvalue weighted by molar-refractivity contribution is 5.74. The largest absolute Gasteiger partial charge is 0.334 e. The van der Waals surface area contributed by atoms with E-state index in [4.69, 9.17) is 0 Å². The van der Waals surface area contributed by atoms with Gasteiger partial charge in [-0.25, -0.2) is 4.79 Å². The molecule has 0 saturated heterocycles. The quantitative estimate of drug-likeness (QED) is 0.881. The zero-order chi connectivity index (χ0) is 16.2. The van der Waals surface area contributed by atoms with Crippen molar-refractivity contribution in [2.24, 2.45) is 5.92 Å². The summed E-state index contributed by atoms with van der Waals surface area (Å²) in [6.45, 7) is 3.55. The average Bonchev–Trinajstić information content (AvgIpc) is 3.37. The maximum absolute atomic E-state index is 12.0. The third-order valence-corrected chi connectivity index (χ3v) is 4.32. The number of rotatable bonds is 5. The van der Waals surface area contributed by atoms with Crippen LogP contribution in [0.3, 0.4) is 0 Å². The van der Waals surface area contributed by atoms with E-state index in [2.05, 4.69) is 60.8 Å². The van der Waals surface area contributed by atoms with Gasteiger partial charge in [-0.05, 0) is 42.4 Å². The number of nitrogens with one attached hydrogen (secondary N) is 1. The minimum Gasteiger partial charge on any atom is -0.334 e. The maximum Gasteiger partial charge on any atom is 0.317 e. The van der Waals surface area contributed by atoms with E-state index in [1.807, 2.05) is 7.05 Å². The van der Waals surface area contributed by atoms with Crippen LogP contribution < -0.4 is 5.32 Å². The average molecular weight is 308 g/mol. The van der Waals surface area contributed by atoms with E-state index in [0.29, 0.717) is 6.54 Å². The molecule has 1 fully saturated rings. The van der Waals surface area contributed by atoms with E-state index in [1.165, 1.54) is 29.5 Å². The highest BCUT2D eigenvalue weighted by atomic mass is 16.2. The second kappa shape index (κ2) is 6.86. The Morgan fingerprint density at radius 1 is 1.13 bits per heavy atom. The van der Waals surface area contributed by atoms with E-state index < -0.39 is 0 Å². The summed E-state index contributed by atoms with van der Waals surface area (Å²) in [5.41, 5.74) is 4.81. The Morgan fingerprint density at radius 3 is 2.52 bits per heavy atom. The van der Waals surface area contributed by atoms with Crippen molar-refractivity contribution in [3.05, 3.63) is 59.7 Å². The number of carbonyl (C=O) groups is 1. The molecule has 0 atom stereocenters. The zero-order valence-electron chi connectivity index (χ0n) is 13.9. The molecule has 2 aromatic rings. The van der Waals surface area contributed by atoms with E-state index in [-0.39, 0.29) is 6.03 Å². The summed E-state index contributed by atoms with van der Waals surface area (Å²) < 4.78 is 0. The predicted octanol–water partition coefficient (Wildman–Crippen LogP) is 4.21. The second-order valence-electron chi connectivity index (χ2n) is 6.55. The lowest BCUT2D eigenvalue weighted by Crippen LogP contribution is -2.37. The highest BCUT2D eigenvalue weighted by Gasteiger charge is 2.24. The van der Waals surface area contributed by atoms with E-state index in [0.717, 1.165) is 18.0 Å². The molecule has 23 heavy (non-hydrogen) atoms. The number of hydrogen-bond donors (Lipinski definition) is 1. The van der Waals surface area contributed by atoms with Crippen molar-refractivity contribution in [2.45, 2.75) is 26.3 Å². The summed E-state index contributed by atoms with van der Waals surface area (Å²) in [5.74, 6) is 0.722. The Bertz CT molecular complexity index is 674. The van der Waals surface area contributed by atoms with Crippen molar-refractivity contribution in [1.29, 1.82) is 0 Å². The summed E-state index contributed by atoms with van der Waals surface area (Å²) in [4.78, 5) is 13.8. The first-order valence-electron chi connectivity index (χ1n) is 8.27. The lowest BCUT2D eigenvalue weighted by Gasteiger charge is -2.17. The molecule has 0 unspecified atom stereocenters. The molecule has 2 aromatic carbocycles. The van der Waals surface area contributed by atoms with Gasteiger partial charge in [0.15, 0.2) is 0 Å². The van der Waals surface area contributed by atoms with Crippen LogP contribution in [0, 0.1) is 12.8 Å². The fourth-order valence-electron chi connectivity index (χ4n) is 2.72. The number of aryl methyl sites for hydroxylation is 1. The van der Waals surface area contributed by atoms with E-state index in [9.17, 15) is 4.79 Å².